The summed E-state index contributed by atoms with van der Waals surface area (Å²) in [5.41, 5.74) is 22.6. The molecule has 1 heterocycles. The molecular formula is C61H44BN2. The third kappa shape index (κ3) is 6.35. The Morgan fingerprint density at radius 3 is 1.67 bits per heavy atom. The zero-order valence-corrected chi connectivity index (χ0v) is 35.9. The van der Waals surface area contributed by atoms with Crippen LogP contribution < -0.4 is 21.1 Å². The van der Waals surface area contributed by atoms with Crippen molar-refractivity contribution >= 4 is 57.4 Å². The van der Waals surface area contributed by atoms with Crippen LogP contribution in [0.3, 0.4) is 0 Å². The standard InChI is InChI=1S/C61H44BN2/c1-61(2)53-25-15-14-24-50(53)51-38-52(56(39-54(51)61)63-47-31-26-43(27-32-47)40-16-6-3-7-17-40)59-49-23-13-12-22-46(49)37-58-60(59)62-55-36-45(42-20-10-5-11-21-42)30-35-57(55)64(58)48-33-28-44(29-34-48)41-18-8-4-9-19-41/h3-39,63H,1-2H3. The zero-order valence-electron chi connectivity index (χ0n) is 35.9. The van der Waals surface area contributed by atoms with Crippen molar-refractivity contribution in [1.82, 2.24) is 0 Å². The van der Waals surface area contributed by atoms with Crippen molar-refractivity contribution in [2.45, 2.75) is 19.3 Å². The molecule has 0 atom stereocenters. The summed E-state index contributed by atoms with van der Waals surface area (Å²) in [6.45, 7) is 4.73. The van der Waals surface area contributed by atoms with E-state index in [9.17, 15) is 0 Å². The van der Waals surface area contributed by atoms with Crippen molar-refractivity contribution in [1.29, 1.82) is 0 Å². The lowest BCUT2D eigenvalue weighted by molar-refractivity contribution is 0.660. The second-order valence-electron chi connectivity index (χ2n) is 17.6. The summed E-state index contributed by atoms with van der Waals surface area (Å²) in [6, 6.07) is 82.1. The fourth-order valence-electron chi connectivity index (χ4n) is 10.2. The Balaban J connectivity index is 1.10. The molecule has 10 aromatic rings. The number of rotatable bonds is 7. The third-order valence-electron chi connectivity index (χ3n) is 13.5. The highest BCUT2D eigenvalue weighted by atomic mass is 15.1. The van der Waals surface area contributed by atoms with Gasteiger partial charge in [-0.1, -0.05) is 195 Å². The maximum absolute atomic E-state index is 4.00. The van der Waals surface area contributed by atoms with Gasteiger partial charge in [0.15, 0.2) is 7.28 Å². The Labute approximate surface area is 376 Å². The lowest BCUT2D eigenvalue weighted by Gasteiger charge is -2.36. The predicted molar refractivity (Wildman–Crippen MR) is 273 cm³/mol. The van der Waals surface area contributed by atoms with Gasteiger partial charge in [-0.25, -0.2) is 0 Å². The molecule has 0 aromatic heterocycles. The fourth-order valence-corrected chi connectivity index (χ4v) is 10.2. The SMILES string of the molecule is CC1(C)c2ccccc2-c2cc(-c3c4c(cc5ccccc35)N(c3ccc(-c5ccccc5)cc3)c3ccc(-c5ccccc5)cc3[B]4)c(Nc3ccc(-c4ccccc4)cc3)cc21. The second-order valence-corrected chi connectivity index (χ2v) is 17.6. The van der Waals surface area contributed by atoms with Crippen LogP contribution >= 0.6 is 0 Å². The van der Waals surface area contributed by atoms with Gasteiger partial charge in [0.1, 0.15) is 0 Å². The Morgan fingerprint density at radius 2 is 0.984 bits per heavy atom. The zero-order chi connectivity index (χ0) is 42.8. The molecule has 1 aliphatic carbocycles. The number of anilines is 5. The highest BCUT2D eigenvalue weighted by Gasteiger charge is 2.37. The average Bonchev–Trinajstić information content (AvgIpc) is 3.58. The fraction of sp³-hybridized carbons (Fsp3) is 0.0492. The summed E-state index contributed by atoms with van der Waals surface area (Å²) in [5.74, 6) is 0. The lowest BCUT2D eigenvalue weighted by atomic mass is 9.57. The first-order valence-corrected chi connectivity index (χ1v) is 22.2. The average molecular weight is 816 g/mol. The summed E-state index contributed by atoms with van der Waals surface area (Å²) in [6.07, 6.45) is 0. The molecule has 0 saturated carbocycles. The van der Waals surface area contributed by atoms with Crippen molar-refractivity contribution in [2.24, 2.45) is 0 Å². The summed E-state index contributed by atoms with van der Waals surface area (Å²) >= 11 is 0. The van der Waals surface area contributed by atoms with E-state index in [1.165, 1.54) is 88.5 Å². The number of hydrogen-bond acceptors (Lipinski definition) is 2. The summed E-state index contributed by atoms with van der Waals surface area (Å²) in [4.78, 5) is 2.48. The van der Waals surface area contributed by atoms with E-state index in [-0.39, 0.29) is 5.41 Å². The molecule has 12 rings (SSSR count). The first kappa shape index (κ1) is 37.9. The maximum atomic E-state index is 4.00. The molecule has 1 radical (unpaired) electrons. The molecular weight excluding hydrogens is 771 g/mol. The molecule has 0 spiro atoms. The van der Waals surface area contributed by atoms with Crippen LogP contribution in [0.15, 0.2) is 224 Å². The van der Waals surface area contributed by atoms with Crippen LogP contribution in [0.25, 0.3) is 66.4 Å². The summed E-state index contributed by atoms with van der Waals surface area (Å²) in [5, 5.41) is 6.41. The van der Waals surface area contributed by atoms with Gasteiger partial charge >= 0.3 is 0 Å². The highest BCUT2D eigenvalue weighted by Crippen LogP contribution is 2.53. The molecule has 1 aliphatic heterocycles. The second kappa shape index (κ2) is 15.2. The Hall–Kier alpha value is -7.88. The van der Waals surface area contributed by atoms with Gasteiger partial charge in [-0.3, -0.25) is 0 Å². The van der Waals surface area contributed by atoms with Crippen LogP contribution in [-0.2, 0) is 5.41 Å². The molecule has 2 aliphatic rings. The molecule has 2 nitrogen and oxygen atoms in total. The number of hydrogen-bond donors (Lipinski definition) is 1. The first-order valence-electron chi connectivity index (χ1n) is 22.2. The number of nitrogens with one attached hydrogen (secondary N) is 1. The van der Waals surface area contributed by atoms with Crippen molar-refractivity contribution in [2.75, 3.05) is 10.2 Å². The van der Waals surface area contributed by atoms with Gasteiger partial charge in [0.2, 0.25) is 0 Å². The molecule has 0 fully saturated rings. The van der Waals surface area contributed by atoms with Crippen LogP contribution in [0.4, 0.5) is 28.4 Å². The normalized spacial score (nSPS) is 13.1. The predicted octanol–water partition coefficient (Wildman–Crippen LogP) is 15.0. The third-order valence-corrected chi connectivity index (χ3v) is 13.5. The van der Waals surface area contributed by atoms with Crippen LogP contribution in [0, 0.1) is 0 Å². The van der Waals surface area contributed by atoms with Crippen molar-refractivity contribution in [3.8, 4) is 55.6 Å². The van der Waals surface area contributed by atoms with Gasteiger partial charge in [0, 0.05) is 39.4 Å². The van der Waals surface area contributed by atoms with E-state index >= 15 is 0 Å². The summed E-state index contributed by atoms with van der Waals surface area (Å²) < 4.78 is 0. The van der Waals surface area contributed by atoms with E-state index in [2.05, 4.69) is 256 Å². The quantitative estimate of drug-likeness (QED) is 0.161. The molecule has 64 heavy (non-hydrogen) atoms. The minimum Gasteiger partial charge on any atom is -0.355 e. The molecule has 0 amide bonds. The van der Waals surface area contributed by atoms with Crippen LogP contribution in [0.1, 0.15) is 25.0 Å². The number of benzene rings is 10. The van der Waals surface area contributed by atoms with Crippen LogP contribution in [-0.4, -0.2) is 7.28 Å². The van der Waals surface area contributed by atoms with Gasteiger partial charge in [0.05, 0.1) is 0 Å². The van der Waals surface area contributed by atoms with Crippen molar-refractivity contribution in [3.05, 3.63) is 236 Å². The van der Waals surface area contributed by atoms with Gasteiger partial charge < -0.3 is 10.2 Å². The molecule has 0 unspecified atom stereocenters. The van der Waals surface area contributed by atoms with E-state index in [4.69, 9.17) is 0 Å². The van der Waals surface area contributed by atoms with E-state index < -0.39 is 0 Å². The van der Waals surface area contributed by atoms with Crippen LogP contribution in [0.2, 0.25) is 0 Å². The van der Waals surface area contributed by atoms with Gasteiger partial charge in [0.25, 0.3) is 0 Å². The Bertz CT molecular complexity index is 3380. The number of fused-ring (bicyclic) bond motifs is 6. The van der Waals surface area contributed by atoms with Crippen molar-refractivity contribution in [3.63, 3.8) is 0 Å². The first-order chi connectivity index (χ1) is 31.5. The van der Waals surface area contributed by atoms with E-state index in [1.54, 1.807) is 0 Å². The Morgan fingerprint density at radius 1 is 0.422 bits per heavy atom. The Kier molecular flexibility index (Phi) is 8.98. The highest BCUT2D eigenvalue weighted by molar-refractivity contribution is 6.74. The van der Waals surface area contributed by atoms with Crippen LogP contribution in [0.5, 0.6) is 0 Å². The summed E-state index contributed by atoms with van der Waals surface area (Å²) in [7, 11) is 2.44. The minimum absolute atomic E-state index is 0.169. The topological polar surface area (TPSA) is 15.3 Å². The molecule has 0 saturated heterocycles. The molecule has 10 aromatic carbocycles. The number of nitrogens with zero attached hydrogens (tertiary/aromatic N) is 1. The smallest absolute Gasteiger partial charge is 0.197 e. The monoisotopic (exact) mass is 815 g/mol. The van der Waals surface area contributed by atoms with Gasteiger partial charge in [-0.15, -0.1) is 0 Å². The van der Waals surface area contributed by atoms with E-state index in [0.717, 1.165) is 28.4 Å². The van der Waals surface area contributed by atoms with E-state index in [0.29, 0.717) is 0 Å². The van der Waals surface area contributed by atoms with E-state index in [1.807, 2.05) is 0 Å². The van der Waals surface area contributed by atoms with Crippen molar-refractivity contribution < 1.29 is 0 Å². The molecule has 301 valence electrons. The molecule has 3 heteroatoms. The van der Waals surface area contributed by atoms with Gasteiger partial charge in [-0.05, 0) is 126 Å². The van der Waals surface area contributed by atoms with Gasteiger partial charge in [-0.2, -0.15) is 0 Å². The largest absolute Gasteiger partial charge is 0.355 e. The maximum Gasteiger partial charge on any atom is 0.197 e. The lowest BCUT2D eigenvalue weighted by Crippen LogP contribution is -2.41. The molecule has 0 bridgehead atoms. The molecule has 1 N–H and O–H groups in total. The minimum atomic E-state index is -0.169.